The zero-order valence-electron chi connectivity index (χ0n) is 17.5. The molecule has 0 unspecified atom stereocenters. The number of hydrogen-bond acceptors (Lipinski definition) is 2. The van der Waals surface area contributed by atoms with Crippen LogP contribution in [0.2, 0.25) is 0 Å². The Labute approximate surface area is 177 Å². The summed E-state index contributed by atoms with van der Waals surface area (Å²) in [5.41, 5.74) is 4.91. The van der Waals surface area contributed by atoms with E-state index < -0.39 is 0 Å². The largest absolute Gasteiger partial charge is 0.355 e. The molecule has 1 aliphatic rings. The van der Waals surface area contributed by atoms with Crippen LogP contribution >= 0.6 is 15.9 Å². The number of carbonyl (C=O) groups excluding carboxylic acids is 1. The highest BCUT2D eigenvalue weighted by Gasteiger charge is 2.38. The lowest BCUT2D eigenvalue weighted by molar-refractivity contribution is -0.121. The number of aryl methyl sites for hydroxylation is 1. The zero-order chi connectivity index (χ0) is 20.3. The Morgan fingerprint density at radius 2 is 2.07 bits per heavy atom. The molecule has 5 heteroatoms. The average Bonchev–Trinajstić information content (AvgIpc) is 2.85. The molecule has 4 nitrogen and oxygen atoms in total. The fraction of sp³-hybridized carbons (Fsp3) is 0.565. The van der Waals surface area contributed by atoms with Crippen LogP contribution in [0.4, 0.5) is 0 Å². The van der Waals surface area contributed by atoms with Gasteiger partial charge in [-0.1, -0.05) is 48.3 Å². The van der Waals surface area contributed by atoms with Crippen molar-refractivity contribution in [3.63, 3.8) is 0 Å². The summed E-state index contributed by atoms with van der Waals surface area (Å²) < 4.78 is 3.19. The summed E-state index contributed by atoms with van der Waals surface area (Å²) in [6.45, 7) is 10.2. The second kappa shape index (κ2) is 8.81. The van der Waals surface area contributed by atoms with E-state index in [1.54, 1.807) is 0 Å². The van der Waals surface area contributed by atoms with Crippen molar-refractivity contribution >= 4 is 21.8 Å². The van der Waals surface area contributed by atoms with Crippen molar-refractivity contribution in [2.24, 2.45) is 5.92 Å². The molecule has 0 radical (unpaired) electrons. The molecular formula is C23H32BrN3O. The van der Waals surface area contributed by atoms with Crippen molar-refractivity contribution in [2.75, 3.05) is 6.54 Å². The summed E-state index contributed by atoms with van der Waals surface area (Å²) in [5.74, 6) is 0.697. The molecule has 152 valence electrons. The highest BCUT2D eigenvalue weighted by atomic mass is 79.9. The van der Waals surface area contributed by atoms with Gasteiger partial charge in [0.15, 0.2) is 0 Å². The number of nitrogens with zero attached hydrogens (tertiary/aromatic N) is 2. The molecule has 1 aliphatic carbocycles. The highest BCUT2D eigenvalue weighted by molar-refractivity contribution is 9.10. The third-order valence-corrected chi connectivity index (χ3v) is 6.54. The third-order valence-electron chi connectivity index (χ3n) is 6.04. The maximum atomic E-state index is 12.6. The summed E-state index contributed by atoms with van der Waals surface area (Å²) in [6.07, 6.45) is 4.79. The molecule has 1 amide bonds. The van der Waals surface area contributed by atoms with Crippen LogP contribution in [0, 0.1) is 19.8 Å². The standard InChI is InChI=1S/C23H32BrN3O/c1-16(2)14-27-18(4)21(17(3)26-27)9-10-22(28)25-15-23(11-6-12-23)19-7-5-8-20(24)13-19/h5,7-8,13,16H,6,9-12,14-15H2,1-4H3,(H,25,28). The van der Waals surface area contributed by atoms with E-state index in [0.29, 0.717) is 12.3 Å². The van der Waals surface area contributed by atoms with Crippen molar-refractivity contribution in [1.82, 2.24) is 15.1 Å². The normalized spacial score (nSPS) is 15.5. The number of benzene rings is 1. The smallest absolute Gasteiger partial charge is 0.220 e. The van der Waals surface area contributed by atoms with Gasteiger partial charge in [-0.15, -0.1) is 0 Å². The van der Waals surface area contributed by atoms with E-state index in [-0.39, 0.29) is 11.3 Å². The second-order valence-electron chi connectivity index (χ2n) is 8.65. The Kier molecular flexibility index (Phi) is 6.64. The Morgan fingerprint density at radius 1 is 1.32 bits per heavy atom. The van der Waals surface area contributed by atoms with Crippen molar-refractivity contribution < 1.29 is 4.79 Å². The molecule has 1 aromatic heterocycles. The average molecular weight is 446 g/mol. The summed E-state index contributed by atoms with van der Waals surface area (Å²) in [4.78, 5) is 12.6. The maximum Gasteiger partial charge on any atom is 0.220 e. The molecular weight excluding hydrogens is 414 g/mol. The number of rotatable bonds is 8. The van der Waals surface area contributed by atoms with Crippen molar-refractivity contribution in [2.45, 2.75) is 71.8 Å². The van der Waals surface area contributed by atoms with Crippen LogP contribution in [0.15, 0.2) is 28.7 Å². The van der Waals surface area contributed by atoms with Gasteiger partial charge in [-0.25, -0.2) is 0 Å². The van der Waals surface area contributed by atoms with Crippen LogP contribution in [0.5, 0.6) is 0 Å². The van der Waals surface area contributed by atoms with Gasteiger partial charge in [0, 0.05) is 35.1 Å². The number of amides is 1. The molecule has 0 bridgehead atoms. The monoisotopic (exact) mass is 445 g/mol. The quantitative estimate of drug-likeness (QED) is 0.614. The summed E-state index contributed by atoms with van der Waals surface area (Å²) in [6, 6.07) is 8.52. The molecule has 2 aromatic rings. The van der Waals surface area contributed by atoms with Crippen LogP contribution < -0.4 is 5.32 Å². The number of hydrogen-bond donors (Lipinski definition) is 1. The predicted octanol–water partition coefficient (Wildman–Crippen LogP) is 5.09. The first-order valence-electron chi connectivity index (χ1n) is 10.4. The molecule has 1 N–H and O–H groups in total. The second-order valence-corrected chi connectivity index (χ2v) is 9.56. The lowest BCUT2D eigenvalue weighted by atomic mass is 9.64. The summed E-state index contributed by atoms with van der Waals surface area (Å²) in [7, 11) is 0. The minimum atomic E-state index is 0.105. The van der Waals surface area contributed by atoms with Crippen LogP contribution in [0.3, 0.4) is 0 Å². The Morgan fingerprint density at radius 3 is 2.68 bits per heavy atom. The van der Waals surface area contributed by atoms with Gasteiger partial charge >= 0.3 is 0 Å². The summed E-state index contributed by atoms with van der Waals surface area (Å²) >= 11 is 3.57. The Balaban J connectivity index is 1.57. The Hall–Kier alpha value is -1.62. The van der Waals surface area contributed by atoms with Crippen LogP contribution in [-0.4, -0.2) is 22.2 Å². The number of carbonyl (C=O) groups is 1. The van der Waals surface area contributed by atoms with E-state index >= 15 is 0 Å². The molecule has 0 saturated heterocycles. The van der Waals surface area contributed by atoms with Gasteiger partial charge in [-0.05, 0) is 62.3 Å². The molecule has 0 aliphatic heterocycles. The molecule has 28 heavy (non-hydrogen) atoms. The summed E-state index contributed by atoms with van der Waals surface area (Å²) in [5, 5.41) is 7.87. The van der Waals surface area contributed by atoms with Gasteiger partial charge in [0.1, 0.15) is 0 Å². The van der Waals surface area contributed by atoms with Gasteiger partial charge in [-0.3, -0.25) is 9.48 Å². The van der Waals surface area contributed by atoms with Crippen molar-refractivity contribution in [1.29, 1.82) is 0 Å². The highest BCUT2D eigenvalue weighted by Crippen LogP contribution is 2.43. The van der Waals surface area contributed by atoms with Crippen LogP contribution in [0.25, 0.3) is 0 Å². The number of halogens is 1. The lowest BCUT2D eigenvalue weighted by Crippen LogP contribution is -2.45. The SMILES string of the molecule is Cc1nn(CC(C)C)c(C)c1CCC(=O)NCC1(c2cccc(Br)c2)CCC1. The zero-order valence-corrected chi connectivity index (χ0v) is 19.1. The molecule has 1 fully saturated rings. The topological polar surface area (TPSA) is 46.9 Å². The van der Waals surface area contributed by atoms with E-state index in [1.807, 2.05) is 6.92 Å². The van der Waals surface area contributed by atoms with Gasteiger partial charge in [0.25, 0.3) is 0 Å². The first-order valence-corrected chi connectivity index (χ1v) is 11.2. The van der Waals surface area contributed by atoms with Gasteiger partial charge in [0.05, 0.1) is 5.69 Å². The molecule has 1 heterocycles. The molecule has 0 atom stereocenters. The number of aromatic nitrogens is 2. The van der Waals surface area contributed by atoms with Gasteiger partial charge < -0.3 is 5.32 Å². The minimum Gasteiger partial charge on any atom is -0.355 e. The van der Waals surface area contributed by atoms with Crippen LogP contribution in [0.1, 0.15) is 62.0 Å². The fourth-order valence-corrected chi connectivity index (χ4v) is 4.60. The van der Waals surface area contributed by atoms with Crippen molar-refractivity contribution in [3.8, 4) is 0 Å². The first kappa shape index (κ1) is 21.1. The van der Waals surface area contributed by atoms with Crippen LogP contribution in [-0.2, 0) is 23.2 Å². The Bertz CT molecular complexity index is 836. The van der Waals surface area contributed by atoms with Gasteiger partial charge in [-0.2, -0.15) is 5.10 Å². The van der Waals surface area contributed by atoms with E-state index in [0.717, 1.165) is 42.5 Å². The first-order chi connectivity index (χ1) is 13.3. The fourth-order valence-electron chi connectivity index (χ4n) is 4.20. The van der Waals surface area contributed by atoms with E-state index in [4.69, 9.17) is 0 Å². The molecule has 3 rings (SSSR count). The lowest BCUT2D eigenvalue weighted by Gasteiger charge is -2.42. The van der Waals surface area contributed by atoms with E-state index in [1.165, 1.54) is 23.2 Å². The minimum absolute atomic E-state index is 0.105. The predicted molar refractivity (Wildman–Crippen MR) is 118 cm³/mol. The maximum absolute atomic E-state index is 12.6. The van der Waals surface area contributed by atoms with E-state index in [9.17, 15) is 4.79 Å². The molecule has 1 aromatic carbocycles. The molecule has 1 saturated carbocycles. The van der Waals surface area contributed by atoms with Crippen molar-refractivity contribution in [3.05, 3.63) is 51.3 Å². The number of nitrogens with one attached hydrogen (secondary N) is 1. The third kappa shape index (κ3) is 4.68. The van der Waals surface area contributed by atoms with Gasteiger partial charge in [0.2, 0.25) is 5.91 Å². The molecule has 0 spiro atoms. The van der Waals surface area contributed by atoms with E-state index in [2.05, 4.69) is 76.1 Å².